The van der Waals surface area contributed by atoms with Crippen LogP contribution in [0.25, 0.3) is 0 Å². The van der Waals surface area contributed by atoms with E-state index in [0.717, 1.165) is 28.0 Å². The lowest BCUT2D eigenvalue weighted by Gasteiger charge is -2.09. The van der Waals surface area contributed by atoms with Crippen molar-refractivity contribution in [3.63, 3.8) is 0 Å². The van der Waals surface area contributed by atoms with E-state index in [0.29, 0.717) is 15.3 Å². The van der Waals surface area contributed by atoms with Gasteiger partial charge in [-0.3, -0.25) is 9.59 Å². The van der Waals surface area contributed by atoms with Crippen LogP contribution in [0.2, 0.25) is 0 Å². The first-order valence-corrected chi connectivity index (χ1v) is 8.00. The average molecular weight is 330 g/mol. The fourth-order valence-electron chi connectivity index (χ4n) is 2.18. The van der Waals surface area contributed by atoms with Crippen LogP contribution in [-0.4, -0.2) is 24.1 Å². The van der Waals surface area contributed by atoms with Gasteiger partial charge in [-0.15, -0.1) is 11.3 Å². The van der Waals surface area contributed by atoms with Gasteiger partial charge in [-0.1, -0.05) is 6.07 Å². The molecule has 0 fully saturated rings. The van der Waals surface area contributed by atoms with E-state index >= 15 is 0 Å². The van der Waals surface area contributed by atoms with Gasteiger partial charge >= 0.3 is 5.97 Å². The molecule has 0 N–H and O–H groups in total. The molecule has 5 heteroatoms. The minimum Gasteiger partial charge on any atom is -0.453 e. The van der Waals surface area contributed by atoms with E-state index < -0.39 is 5.97 Å². The van der Waals surface area contributed by atoms with Gasteiger partial charge in [-0.2, -0.15) is 0 Å². The van der Waals surface area contributed by atoms with Gasteiger partial charge in [-0.05, 0) is 62.6 Å². The van der Waals surface area contributed by atoms with E-state index in [9.17, 15) is 14.4 Å². The largest absolute Gasteiger partial charge is 0.453 e. The molecule has 1 aromatic carbocycles. The highest BCUT2D eigenvalue weighted by molar-refractivity contribution is 7.15. The number of carbonyl (C=O) groups excluding carboxylic acids is 3. The second-order valence-corrected chi connectivity index (χ2v) is 6.55. The number of ketones is 2. The SMILES string of the molecule is CC(=O)c1ccc(C(=O)OCC(=O)c2cc(C)c(C)cc2C)s1. The smallest absolute Gasteiger partial charge is 0.348 e. The number of hydrogen-bond acceptors (Lipinski definition) is 5. The molecule has 0 radical (unpaired) electrons. The quantitative estimate of drug-likeness (QED) is 0.616. The topological polar surface area (TPSA) is 60.4 Å². The number of thiophene rings is 1. The van der Waals surface area contributed by atoms with E-state index in [-0.39, 0.29) is 18.2 Å². The lowest BCUT2D eigenvalue weighted by atomic mass is 9.98. The number of rotatable bonds is 5. The Morgan fingerprint density at radius 2 is 1.57 bits per heavy atom. The van der Waals surface area contributed by atoms with Crippen molar-refractivity contribution in [2.45, 2.75) is 27.7 Å². The Kier molecular flexibility index (Phi) is 5.11. The molecular weight excluding hydrogens is 312 g/mol. The molecule has 0 saturated carbocycles. The third-order valence-electron chi connectivity index (χ3n) is 3.63. The molecule has 2 aromatic rings. The Hall–Kier alpha value is -2.27. The zero-order chi connectivity index (χ0) is 17.1. The maximum absolute atomic E-state index is 12.3. The molecule has 0 bridgehead atoms. The summed E-state index contributed by atoms with van der Waals surface area (Å²) in [6.07, 6.45) is 0. The zero-order valence-corrected chi connectivity index (χ0v) is 14.4. The lowest BCUT2D eigenvalue weighted by Crippen LogP contribution is -2.15. The van der Waals surface area contributed by atoms with Crippen LogP contribution in [0.5, 0.6) is 0 Å². The van der Waals surface area contributed by atoms with Crippen molar-refractivity contribution >= 4 is 28.9 Å². The molecule has 0 spiro atoms. The Morgan fingerprint density at radius 1 is 0.957 bits per heavy atom. The Bertz CT molecular complexity index is 786. The van der Waals surface area contributed by atoms with E-state index in [4.69, 9.17) is 4.74 Å². The Balaban J connectivity index is 2.05. The Labute approximate surface area is 139 Å². The van der Waals surface area contributed by atoms with Crippen molar-refractivity contribution in [3.8, 4) is 0 Å². The van der Waals surface area contributed by atoms with Crippen LogP contribution >= 0.6 is 11.3 Å². The molecule has 0 atom stereocenters. The van der Waals surface area contributed by atoms with Gasteiger partial charge in [0.25, 0.3) is 0 Å². The summed E-state index contributed by atoms with van der Waals surface area (Å²) in [7, 11) is 0. The highest BCUT2D eigenvalue weighted by atomic mass is 32.1. The molecule has 120 valence electrons. The normalized spacial score (nSPS) is 10.4. The Morgan fingerprint density at radius 3 is 2.17 bits per heavy atom. The number of esters is 1. The first kappa shape index (κ1) is 17.1. The number of carbonyl (C=O) groups is 3. The maximum Gasteiger partial charge on any atom is 0.348 e. The van der Waals surface area contributed by atoms with Crippen LogP contribution in [0.4, 0.5) is 0 Å². The van der Waals surface area contributed by atoms with Crippen molar-refractivity contribution in [2.75, 3.05) is 6.61 Å². The van der Waals surface area contributed by atoms with E-state index in [1.165, 1.54) is 13.0 Å². The number of hydrogen-bond donors (Lipinski definition) is 0. The average Bonchev–Trinajstić information content (AvgIpc) is 2.98. The van der Waals surface area contributed by atoms with Gasteiger partial charge in [0.05, 0.1) is 4.88 Å². The van der Waals surface area contributed by atoms with Crippen molar-refractivity contribution < 1.29 is 19.1 Å². The molecule has 1 heterocycles. The standard InChI is InChI=1S/C18H18O4S/c1-10-7-12(3)14(8-11(10)2)15(20)9-22-18(21)17-6-5-16(23-17)13(4)19/h5-8H,9H2,1-4H3. The summed E-state index contributed by atoms with van der Waals surface area (Å²) in [4.78, 5) is 36.2. The maximum atomic E-state index is 12.3. The molecule has 0 aliphatic rings. The molecule has 0 saturated heterocycles. The van der Waals surface area contributed by atoms with Crippen LogP contribution in [-0.2, 0) is 4.74 Å². The minimum atomic E-state index is -0.586. The number of benzene rings is 1. The first-order valence-electron chi connectivity index (χ1n) is 7.18. The van der Waals surface area contributed by atoms with E-state index in [1.54, 1.807) is 6.07 Å². The lowest BCUT2D eigenvalue weighted by molar-refractivity contribution is 0.0479. The molecule has 23 heavy (non-hydrogen) atoms. The van der Waals surface area contributed by atoms with Gasteiger partial charge in [0.15, 0.2) is 12.4 Å². The van der Waals surface area contributed by atoms with Crippen molar-refractivity contribution in [3.05, 3.63) is 56.3 Å². The number of ether oxygens (including phenoxy) is 1. The molecular formula is C18H18O4S. The fraction of sp³-hybridized carbons (Fsp3) is 0.278. The van der Waals surface area contributed by atoms with Crippen molar-refractivity contribution in [2.24, 2.45) is 0 Å². The highest BCUT2D eigenvalue weighted by Gasteiger charge is 2.16. The summed E-state index contributed by atoms with van der Waals surface area (Å²) in [5, 5.41) is 0. The summed E-state index contributed by atoms with van der Waals surface area (Å²) in [5.74, 6) is -0.921. The first-order chi connectivity index (χ1) is 10.8. The number of Topliss-reactive ketones (excluding diaryl/α,β-unsaturated/α-hetero) is 2. The molecule has 0 unspecified atom stereocenters. The van der Waals surface area contributed by atoms with Crippen molar-refractivity contribution in [1.82, 2.24) is 0 Å². The molecule has 0 aliphatic carbocycles. The second kappa shape index (κ2) is 6.87. The predicted octanol–water partition coefficient (Wildman–Crippen LogP) is 3.92. The van der Waals surface area contributed by atoms with Gasteiger partial charge in [0.1, 0.15) is 4.88 Å². The summed E-state index contributed by atoms with van der Waals surface area (Å²) >= 11 is 1.07. The van der Waals surface area contributed by atoms with Crippen LogP contribution in [0, 0.1) is 20.8 Å². The zero-order valence-electron chi connectivity index (χ0n) is 13.6. The van der Waals surface area contributed by atoms with Gasteiger partial charge in [0.2, 0.25) is 5.78 Å². The summed E-state index contributed by atoms with van der Waals surface area (Å²) < 4.78 is 5.07. The van der Waals surface area contributed by atoms with Gasteiger partial charge in [0, 0.05) is 5.56 Å². The van der Waals surface area contributed by atoms with Crippen LogP contribution < -0.4 is 0 Å². The molecule has 4 nitrogen and oxygen atoms in total. The summed E-state index contributed by atoms with van der Waals surface area (Å²) in [6, 6.07) is 6.89. The molecule has 0 aliphatic heterocycles. The van der Waals surface area contributed by atoms with Gasteiger partial charge in [-0.25, -0.2) is 4.79 Å². The third-order valence-corrected chi connectivity index (χ3v) is 4.80. The highest BCUT2D eigenvalue weighted by Crippen LogP contribution is 2.19. The predicted molar refractivity (Wildman–Crippen MR) is 89.6 cm³/mol. The van der Waals surface area contributed by atoms with Crippen LogP contribution in [0.15, 0.2) is 24.3 Å². The minimum absolute atomic E-state index is 0.101. The fourth-order valence-corrected chi connectivity index (χ4v) is 2.97. The summed E-state index contributed by atoms with van der Waals surface area (Å²) in [6.45, 7) is 6.91. The second-order valence-electron chi connectivity index (χ2n) is 5.47. The summed E-state index contributed by atoms with van der Waals surface area (Å²) in [5.41, 5.74) is 3.57. The van der Waals surface area contributed by atoms with Crippen LogP contribution in [0.3, 0.4) is 0 Å². The molecule has 1 aromatic heterocycles. The molecule has 2 rings (SSSR count). The van der Waals surface area contributed by atoms with Gasteiger partial charge < -0.3 is 4.74 Å². The van der Waals surface area contributed by atoms with Crippen LogP contribution in [0.1, 0.15) is 53.3 Å². The third kappa shape index (κ3) is 3.93. The van der Waals surface area contributed by atoms with E-state index in [2.05, 4.69) is 0 Å². The number of aryl methyl sites for hydroxylation is 3. The van der Waals surface area contributed by atoms with Crippen molar-refractivity contribution in [1.29, 1.82) is 0 Å². The van der Waals surface area contributed by atoms with E-state index in [1.807, 2.05) is 32.9 Å². The monoisotopic (exact) mass is 330 g/mol. The molecule has 0 amide bonds.